The summed E-state index contributed by atoms with van der Waals surface area (Å²) in [5.74, 6) is -0.133. The molecule has 0 fully saturated rings. The van der Waals surface area contributed by atoms with E-state index in [1.54, 1.807) is 30.6 Å². The molecular formula is C18H23N3O4S. The smallest absolute Gasteiger partial charge is 0.293 e. The largest absolute Gasteiger partial charge is 0.383 e. The second-order valence-corrected chi connectivity index (χ2v) is 7.10. The van der Waals surface area contributed by atoms with Crippen LogP contribution in [-0.2, 0) is 4.74 Å². The number of anilines is 1. The van der Waals surface area contributed by atoms with Gasteiger partial charge in [0.05, 0.1) is 17.6 Å². The fourth-order valence-corrected chi connectivity index (χ4v) is 3.47. The van der Waals surface area contributed by atoms with E-state index < -0.39 is 4.92 Å². The standard InChI is InChI=1S/C18H23N3O4S/c1-12(2)17(16-5-4-10-26-16)20-18(22)13-6-7-14(19-8-9-25-3)15(11-13)21(23)24/h4-7,10-12,17,19H,8-9H2,1-3H3,(H,20,22)/t17-/m1/s1. The van der Waals surface area contributed by atoms with E-state index in [0.717, 1.165) is 4.88 Å². The van der Waals surface area contributed by atoms with Gasteiger partial charge in [0, 0.05) is 30.2 Å². The van der Waals surface area contributed by atoms with E-state index in [1.165, 1.54) is 6.07 Å². The molecule has 1 aromatic heterocycles. The van der Waals surface area contributed by atoms with Crippen molar-refractivity contribution in [2.75, 3.05) is 25.6 Å². The molecule has 1 heterocycles. The first-order valence-electron chi connectivity index (χ1n) is 8.29. The van der Waals surface area contributed by atoms with Crippen LogP contribution in [0.2, 0.25) is 0 Å². The van der Waals surface area contributed by atoms with E-state index in [-0.39, 0.29) is 29.1 Å². The van der Waals surface area contributed by atoms with E-state index in [4.69, 9.17) is 4.74 Å². The number of nitro groups is 1. The molecule has 2 aromatic rings. The van der Waals surface area contributed by atoms with Gasteiger partial charge in [0.2, 0.25) is 0 Å². The van der Waals surface area contributed by atoms with Crippen molar-refractivity contribution in [1.82, 2.24) is 5.32 Å². The Kier molecular flexibility index (Phi) is 7.11. The van der Waals surface area contributed by atoms with Crippen molar-refractivity contribution in [3.8, 4) is 0 Å². The third kappa shape index (κ3) is 5.03. The van der Waals surface area contributed by atoms with E-state index in [2.05, 4.69) is 10.6 Å². The summed E-state index contributed by atoms with van der Waals surface area (Å²) in [6, 6.07) is 8.21. The number of carbonyl (C=O) groups is 1. The quantitative estimate of drug-likeness (QED) is 0.393. The molecule has 1 amide bonds. The number of hydrogen-bond acceptors (Lipinski definition) is 6. The summed E-state index contributed by atoms with van der Waals surface area (Å²) in [4.78, 5) is 24.5. The lowest BCUT2D eigenvalue weighted by Gasteiger charge is -2.21. The predicted molar refractivity (Wildman–Crippen MR) is 103 cm³/mol. The second-order valence-electron chi connectivity index (χ2n) is 6.12. The molecule has 0 saturated heterocycles. The minimum absolute atomic E-state index is 0.133. The van der Waals surface area contributed by atoms with Crippen LogP contribution in [0.4, 0.5) is 11.4 Å². The molecule has 26 heavy (non-hydrogen) atoms. The molecule has 0 aliphatic carbocycles. The van der Waals surface area contributed by atoms with Crippen LogP contribution >= 0.6 is 11.3 Å². The molecule has 0 aliphatic heterocycles. The molecule has 140 valence electrons. The molecule has 2 N–H and O–H groups in total. The number of amides is 1. The SMILES string of the molecule is COCCNc1ccc(C(=O)N[C@@H](c2cccs2)C(C)C)cc1[N+](=O)[O-]. The summed E-state index contributed by atoms with van der Waals surface area (Å²) in [7, 11) is 1.56. The van der Waals surface area contributed by atoms with Crippen molar-refractivity contribution in [1.29, 1.82) is 0 Å². The summed E-state index contributed by atoms with van der Waals surface area (Å²) in [5.41, 5.74) is 0.490. The molecule has 0 radical (unpaired) electrons. The van der Waals surface area contributed by atoms with Crippen LogP contribution in [0.3, 0.4) is 0 Å². The van der Waals surface area contributed by atoms with Crippen molar-refractivity contribution in [2.24, 2.45) is 5.92 Å². The van der Waals surface area contributed by atoms with Gasteiger partial charge in [0.15, 0.2) is 0 Å². The number of nitrogens with one attached hydrogen (secondary N) is 2. The molecular weight excluding hydrogens is 354 g/mol. The molecule has 2 rings (SSSR count). The van der Waals surface area contributed by atoms with Crippen LogP contribution in [0, 0.1) is 16.0 Å². The number of nitrogens with zero attached hydrogens (tertiary/aromatic N) is 1. The van der Waals surface area contributed by atoms with Crippen LogP contribution in [0.25, 0.3) is 0 Å². The average molecular weight is 377 g/mol. The molecule has 0 saturated carbocycles. The Morgan fingerprint density at radius 1 is 1.35 bits per heavy atom. The zero-order chi connectivity index (χ0) is 19.1. The van der Waals surface area contributed by atoms with Gasteiger partial charge in [-0.05, 0) is 29.5 Å². The van der Waals surface area contributed by atoms with E-state index in [0.29, 0.717) is 18.8 Å². The fourth-order valence-electron chi connectivity index (χ4n) is 2.52. The molecule has 8 heteroatoms. The number of hydrogen-bond donors (Lipinski definition) is 2. The van der Waals surface area contributed by atoms with Crippen molar-refractivity contribution in [3.63, 3.8) is 0 Å². The van der Waals surface area contributed by atoms with Crippen LogP contribution in [0.5, 0.6) is 0 Å². The predicted octanol–water partition coefficient (Wildman–Crippen LogP) is 3.84. The maximum atomic E-state index is 12.6. The van der Waals surface area contributed by atoms with Gasteiger partial charge >= 0.3 is 0 Å². The molecule has 0 aliphatic rings. The molecule has 1 aromatic carbocycles. The van der Waals surface area contributed by atoms with Crippen molar-refractivity contribution < 1.29 is 14.5 Å². The monoisotopic (exact) mass is 377 g/mol. The maximum Gasteiger partial charge on any atom is 0.293 e. The lowest BCUT2D eigenvalue weighted by atomic mass is 10.0. The zero-order valence-electron chi connectivity index (χ0n) is 15.0. The Balaban J connectivity index is 2.20. The first kappa shape index (κ1) is 19.9. The Morgan fingerprint density at radius 2 is 2.12 bits per heavy atom. The minimum Gasteiger partial charge on any atom is -0.383 e. The van der Waals surface area contributed by atoms with Gasteiger partial charge in [-0.15, -0.1) is 11.3 Å². The molecule has 0 spiro atoms. The second kappa shape index (κ2) is 9.30. The van der Waals surface area contributed by atoms with Gasteiger partial charge < -0.3 is 15.4 Å². The van der Waals surface area contributed by atoms with Crippen LogP contribution in [0.15, 0.2) is 35.7 Å². The number of rotatable bonds is 9. The lowest BCUT2D eigenvalue weighted by molar-refractivity contribution is -0.384. The van der Waals surface area contributed by atoms with Gasteiger partial charge in [-0.3, -0.25) is 14.9 Å². The van der Waals surface area contributed by atoms with Gasteiger partial charge in [-0.1, -0.05) is 19.9 Å². The van der Waals surface area contributed by atoms with Crippen molar-refractivity contribution in [2.45, 2.75) is 19.9 Å². The Hall–Kier alpha value is -2.45. The van der Waals surface area contributed by atoms with Gasteiger partial charge in [0.25, 0.3) is 11.6 Å². The number of methoxy groups -OCH3 is 1. The van der Waals surface area contributed by atoms with E-state index in [9.17, 15) is 14.9 Å². The number of thiophene rings is 1. The van der Waals surface area contributed by atoms with Gasteiger partial charge in [0.1, 0.15) is 5.69 Å². The highest BCUT2D eigenvalue weighted by Gasteiger charge is 2.22. The highest BCUT2D eigenvalue weighted by atomic mass is 32.1. The molecule has 7 nitrogen and oxygen atoms in total. The van der Waals surface area contributed by atoms with Crippen molar-refractivity contribution in [3.05, 3.63) is 56.3 Å². The topological polar surface area (TPSA) is 93.5 Å². The average Bonchev–Trinajstić information content (AvgIpc) is 3.13. The summed E-state index contributed by atoms with van der Waals surface area (Å²) >= 11 is 1.57. The zero-order valence-corrected chi connectivity index (χ0v) is 15.8. The Labute approximate surface area is 156 Å². The van der Waals surface area contributed by atoms with Gasteiger partial charge in [-0.25, -0.2) is 0 Å². The van der Waals surface area contributed by atoms with Crippen molar-refractivity contribution >= 4 is 28.6 Å². The number of ether oxygens (including phenoxy) is 1. The van der Waals surface area contributed by atoms with Crippen LogP contribution < -0.4 is 10.6 Å². The molecule has 0 bridgehead atoms. The highest BCUT2D eigenvalue weighted by Crippen LogP contribution is 2.28. The Morgan fingerprint density at radius 3 is 2.69 bits per heavy atom. The first-order chi connectivity index (χ1) is 12.4. The number of benzene rings is 1. The number of nitro benzene ring substituents is 1. The normalized spacial score (nSPS) is 12.0. The molecule has 0 unspecified atom stereocenters. The summed E-state index contributed by atoms with van der Waals surface area (Å²) in [5, 5.41) is 19.2. The third-order valence-corrected chi connectivity index (χ3v) is 4.84. The first-order valence-corrected chi connectivity index (χ1v) is 9.17. The van der Waals surface area contributed by atoms with E-state index in [1.807, 2.05) is 31.4 Å². The molecule has 1 atom stereocenters. The van der Waals surface area contributed by atoms with E-state index >= 15 is 0 Å². The Bertz CT molecular complexity index is 747. The number of carbonyl (C=O) groups excluding carboxylic acids is 1. The van der Waals surface area contributed by atoms with Gasteiger partial charge in [-0.2, -0.15) is 0 Å². The third-order valence-electron chi connectivity index (χ3n) is 3.88. The maximum absolute atomic E-state index is 12.6. The summed E-state index contributed by atoms with van der Waals surface area (Å²) in [6.45, 7) is 4.92. The van der Waals surface area contributed by atoms with Crippen LogP contribution in [-0.4, -0.2) is 31.1 Å². The van der Waals surface area contributed by atoms with Crippen LogP contribution in [0.1, 0.15) is 35.1 Å². The fraction of sp³-hybridized carbons (Fsp3) is 0.389. The summed E-state index contributed by atoms with van der Waals surface area (Å²) in [6.07, 6.45) is 0. The minimum atomic E-state index is -0.495. The summed E-state index contributed by atoms with van der Waals surface area (Å²) < 4.78 is 4.93. The highest BCUT2D eigenvalue weighted by molar-refractivity contribution is 7.10. The lowest BCUT2D eigenvalue weighted by Crippen LogP contribution is -2.31.